The quantitative estimate of drug-likeness (QED) is 0.643. The third-order valence-corrected chi connectivity index (χ3v) is 6.75. The van der Waals surface area contributed by atoms with E-state index < -0.39 is 0 Å². The first-order chi connectivity index (χ1) is 15.7. The second-order valence-corrected chi connectivity index (χ2v) is 9.06. The number of amides is 1. The molecule has 0 saturated carbocycles. The highest BCUT2D eigenvalue weighted by Gasteiger charge is 2.27. The summed E-state index contributed by atoms with van der Waals surface area (Å²) in [6.07, 6.45) is 5.74. The van der Waals surface area contributed by atoms with Crippen LogP contribution in [0, 0.1) is 11.8 Å². The highest BCUT2D eigenvalue weighted by Crippen LogP contribution is 2.23. The van der Waals surface area contributed by atoms with Crippen molar-refractivity contribution in [3.63, 3.8) is 0 Å². The van der Waals surface area contributed by atoms with E-state index in [0.29, 0.717) is 5.92 Å². The molecular formula is C24H31N7O. The summed E-state index contributed by atoms with van der Waals surface area (Å²) in [5.41, 5.74) is 2.11. The summed E-state index contributed by atoms with van der Waals surface area (Å²) in [5.74, 6) is 1.76. The third kappa shape index (κ3) is 4.91. The van der Waals surface area contributed by atoms with Gasteiger partial charge in [-0.2, -0.15) is 4.52 Å². The molecule has 0 aliphatic carbocycles. The van der Waals surface area contributed by atoms with Crippen molar-refractivity contribution in [1.82, 2.24) is 30.0 Å². The molecule has 1 atom stereocenters. The minimum absolute atomic E-state index is 0.0916. The summed E-state index contributed by atoms with van der Waals surface area (Å²) < 4.78 is 1.69. The van der Waals surface area contributed by atoms with E-state index in [0.717, 1.165) is 63.6 Å². The molecular weight excluding hydrogens is 402 g/mol. The highest BCUT2D eigenvalue weighted by atomic mass is 16.1. The molecule has 1 unspecified atom stereocenters. The molecule has 5 rings (SSSR count). The maximum Gasteiger partial charge on any atom is 0.223 e. The number of hydrogen-bond donors (Lipinski definition) is 1. The van der Waals surface area contributed by atoms with Gasteiger partial charge in [0, 0.05) is 38.6 Å². The van der Waals surface area contributed by atoms with Gasteiger partial charge in [0.05, 0.1) is 0 Å². The molecule has 8 heteroatoms. The first-order valence-electron chi connectivity index (χ1n) is 11.7. The summed E-state index contributed by atoms with van der Waals surface area (Å²) in [6.45, 7) is 5.67. The molecule has 0 bridgehead atoms. The molecule has 4 heterocycles. The zero-order chi connectivity index (χ0) is 21.8. The van der Waals surface area contributed by atoms with Crippen molar-refractivity contribution in [3.05, 3.63) is 54.4 Å². The Morgan fingerprint density at radius 3 is 2.72 bits per heavy atom. The molecule has 1 N–H and O–H groups in total. The Kier molecular flexibility index (Phi) is 6.29. The van der Waals surface area contributed by atoms with E-state index in [2.05, 4.69) is 60.7 Å². The van der Waals surface area contributed by atoms with Gasteiger partial charge in [0.25, 0.3) is 0 Å². The molecule has 2 aliphatic rings. The smallest absolute Gasteiger partial charge is 0.223 e. The van der Waals surface area contributed by atoms with Crippen molar-refractivity contribution in [2.75, 3.05) is 37.6 Å². The van der Waals surface area contributed by atoms with Gasteiger partial charge in [0.1, 0.15) is 12.1 Å². The SMILES string of the molecule is O=C(NCC1CCCN(Cc2ccccc2)C1)C1CCN(c2ccc3nncn3n2)CC1. The van der Waals surface area contributed by atoms with Gasteiger partial charge in [-0.25, -0.2) is 0 Å². The van der Waals surface area contributed by atoms with Crippen molar-refractivity contribution < 1.29 is 4.79 Å². The highest BCUT2D eigenvalue weighted by molar-refractivity contribution is 5.79. The van der Waals surface area contributed by atoms with E-state index in [4.69, 9.17) is 0 Å². The van der Waals surface area contributed by atoms with Crippen molar-refractivity contribution in [1.29, 1.82) is 0 Å². The molecule has 1 amide bonds. The lowest BCUT2D eigenvalue weighted by Crippen LogP contribution is -2.44. The molecule has 32 heavy (non-hydrogen) atoms. The molecule has 2 aromatic heterocycles. The monoisotopic (exact) mass is 433 g/mol. The molecule has 1 aromatic carbocycles. The number of likely N-dealkylation sites (tertiary alicyclic amines) is 1. The van der Waals surface area contributed by atoms with Crippen LogP contribution < -0.4 is 10.2 Å². The van der Waals surface area contributed by atoms with E-state index >= 15 is 0 Å². The van der Waals surface area contributed by atoms with Gasteiger partial charge in [-0.3, -0.25) is 9.69 Å². The summed E-state index contributed by atoms with van der Waals surface area (Å²) >= 11 is 0. The van der Waals surface area contributed by atoms with Gasteiger partial charge < -0.3 is 10.2 Å². The number of aromatic nitrogens is 4. The Morgan fingerprint density at radius 1 is 1.03 bits per heavy atom. The number of nitrogens with zero attached hydrogens (tertiary/aromatic N) is 6. The predicted molar refractivity (Wildman–Crippen MR) is 123 cm³/mol. The first kappa shape index (κ1) is 20.9. The summed E-state index contributed by atoms with van der Waals surface area (Å²) in [7, 11) is 0. The number of rotatable bonds is 6. The number of hydrogen-bond acceptors (Lipinski definition) is 6. The van der Waals surface area contributed by atoms with Crippen LogP contribution in [0.3, 0.4) is 0 Å². The Labute approximate surface area is 188 Å². The lowest BCUT2D eigenvalue weighted by molar-refractivity contribution is -0.125. The number of fused-ring (bicyclic) bond motifs is 1. The summed E-state index contributed by atoms with van der Waals surface area (Å²) in [6, 6.07) is 14.6. The van der Waals surface area contributed by atoms with Crippen LogP contribution in [0.1, 0.15) is 31.2 Å². The molecule has 0 radical (unpaired) electrons. The molecule has 0 spiro atoms. The lowest BCUT2D eigenvalue weighted by Gasteiger charge is -2.34. The zero-order valence-corrected chi connectivity index (χ0v) is 18.4. The van der Waals surface area contributed by atoms with Crippen molar-refractivity contribution in [2.45, 2.75) is 32.2 Å². The Balaban J connectivity index is 1.07. The van der Waals surface area contributed by atoms with Gasteiger partial charge in [-0.1, -0.05) is 30.3 Å². The molecule has 2 fully saturated rings. The Morgan fingerprint density at radius 2 is 1.88 bits per heavy atom. The van der Waals surface area contributed by atoms with Gasteiger partial charge >= 0.3 is 0 Å². The molecule has 2 aliphatic heterocycles. The fourth-order valence-corrected chi connectivity index (χ4v) is 4.95. The van der Waals surface area contributed by atoms with Gasteiger partial charge in [0.15, 0.2) is 5.65 Å². The van der Waals surface area contributed by atoms with Crippen LogP contribution in [0.2, 0.25) is 0 Å². The Hall–Kier alpha value is -3.00. The zero-order valence-electron chi connectivity index (χ0n) is 18.4. The second-order valence-electron chi connectivity index (χ2n) is 9.06. The van der Waals surface area contributed by atoms with E-state index in [9.17, 15) is 4.79 Å². The van der Waals surface area contributed by atoms with Crippen LogP contribution in [0.25, 0.3) is 5.65 Å². The number of carbonyl (C=O) groups is 1. The van der Waals surface area contributed by atoms with Crippen molar-refractivity contribution in [3.8, 4) is 0 Å². The van der Waals surface area contributed by atoms with Crippen LogP contribution in [0.4, 0.5) is 5.82 Å². The first-order valence-corrected chi connectivity index (χ1v) is 11.7. The number of anilines is 1. The number of piperidine rings is 2. The minimum atomic E-state index is 0.0916. The topological polar surface area (TPSA) is 78.7 Å². The normalized spacial score (nSPS) is 20.5. The van der Waals surface area contributed by atoms with Crippen LogP contribution in [0.15, 0.2) is 48.8 Å². The van der Waals surface area contributed by atoms with Gasteiger partial charge in [-0.05, 0) is 55.8 Å². The maximum atomic E-state index is 12.8. The average Bonchev–Trinajstić information content (AvgIpc) is 3.32. The van der Waals surface area contributed by atoms with Crippen LogP contribution >= 0.6 is 0 Å². The number of carbonyl (C=O) groups excluding carboxylic acids is 1. The third-order valence-electron chi connectivity index (χ3n) is 6.75. The fourth-order valence-electron chi connectivity index (χ4n) is 4.95. The van der Waals surface area contributed by atoms with E-state index in [1.807, 2.05) is 12.1 Å². The van der Waals surface area contributed by atoms with Crippen molar-refractivity contribution >= 4 is 17.4 Å². The molecule has 8 nitrogen and oxygen atoms in total. The number of benzene rings is 1. The number of nitrogens with one attached hydrogen (secondary N) is 1. The summed E-state index contributed by atoms with van der Waals surface area (Å²) in [5, 5.41) is 15.7. The van der Waals surface area contributed by atoms with Gasteiger partial charge in [0.2, 0.25) is 5.91 Å². The largest absolute Gasteiger partial charge is 0.356 e. The van der Waals surface area contributed by atoms with E-state index in [-0.39, 0.29) is 11.8 Å². The predicted octanol–water partition coefficient (Wildman–Crippen LogP) is 2.37. The Bertz CT molecular complexity index is 1030. The molecule has 168 valence electrons. The second kappa shape index (κ2) is 9.65. The molecule has 2 saturated heterocycles. The van der Waals surface area contributed by atoms with E-state index in [1.165, 1.54) is 18.4 Å². The van der Waals surface area contributed by atoms with Crippen LogP contribution in [-0.2, 0) is 11.3 Å². The minimum Gasteiger partial charge on any atom is -0.356 e. The summed E-state index contributed by atoms with van der Waals surface area (Å²) in [4.78, 5) is 17.6. The maximum absolute atomic E-state index is 12.8. The van der Waals surface area contributed by atoms with Crippen LogP contribution in [0.5, 0.6) is 0 Å². The molecule has 3 aromatic rings. The fraction of sp³-hybridized carbons (Fsp3) is 0.500. The lowest BCUT2D eigenvalue weighted by atomic mass is 9.94. The average molecular weight is 434 g/mol. The van der Waals surface area contributed by atoms with E-state index in [1.54, 1.807) is 10.8 Å². The van der Waals surface area contributed by atoms with Gasteiger partial charge in [-0.15, -0.1) is 15.3 Å². The van der Waals surface area contributed by atoms with Crippen molar-refractivity contribution in [2.24, 2.45) is 11.8 Å². The van der Waals surface area contributed by atoms with Crippen LogP contribution in [-0.4, -0.2) is 63.3 Å². The standard InChI is InChI=1S/C24H31N7O/c32-24(25-15-20-7-4-12-29(17-20)16-19-5-2-1-3-6-19)21-10-13-30(14-11-21)23-9-8-22-27-26-18-31(22)28-23/h1-3,5-6,8-9,18,20-21H,4,7,10-17H2,(H,25,32).